The minimum Gasteiger partial charge on any atom is -0.489 e. The number of benzene rings is 3. The van der Waals surface area contributed by atoms with Gasteiger partial charge >= 0.3 is 0 Å². The third kappa shape index (κ3) is 3.61. The molecule has 0 fully saturated rings. The number of nitrogens with one attached hydrogen (secondary N) is 1. The molecular weight excluding hydrogens is 308 g/mol. The van der Waals surface area contributed by atoms with Gasteiger partial charge in [0, 0.05) is 5.39 Å². The first-order valence-electron chi connectivity index (χ1n) is 8.26. The Labute approximate surface area is 146 Å². The molecule has 1 aromatic heterocycles. The van der Waals surface area contributed by atoms with Crippen LogP contribution >= 0.6 is 0 Å². The van der Waals surface area contributed by atoms with E-state index < -0.39 is 0 Å². The Kier molecular flexibility index (Phi) is 4.29. The van der Waals surface area contributed by atoms with Gasteiger partial charge in [0.25, 0.3) is 0 Å². The second-order valence-electron chi connectivity index (χ2n) is 5.83. The lowest BCUT2D eigenvalue weighted by molar-refractivity contribution is 0.306. The second kappa shape index (κ2) is 7.05. The molecule has 0 spiro atoms. The van der Waals surface area contributed by atoms with Crippen molar-refractivity contribution in [3.63, 3.8) is 0 Å². The molecule has 4 aromatic rings. The molecule has 0 aliphatic heterocycles. The Balaban J connectivity index is 1.56. The van der Waals surface area contributed by atoms with E-state index >= 15 is 0 Å². The van der Waals surface area contributed by atoms with E-state index in [1.807, 2.05) is 60.7 Å². The lowest BCUT2D eigenvalue weighted by Crippen LogP contribution is -1.94. The molecule has 0 radical (unpaired) electrons. The van der Waals surface area contributed by atoms with Crippen molar-refractivity contribution < 1.29 is 4.74 Å². The average Bonchev–Trinajstić information content (AvgIpc) is 3.09. The van der Waals surface area contributed by atoms with E-state index in [0.717, 1.165) is 33.5 Å². The number of aromatic amines is 1. The predicted molar refractivity (Wildman–Crippen MR) is 102 cm³/mol. The van der Waals surface area contributed by atoms with Crippen LogP contribution in [0.15, 0.2) is 78.9 Å². The van der Waals surface area contributed by atoms with Gasteiger partial charge in [-0.3, -0.25) is 5.10 Å². The highest BCUT2D eigenvalue weighted by atomic mass is 16.5. The number of ether oxygens (including phenoxy) is 1. The summed E-state index contributed by atoms with van der Waals surface area (Å²) in [6.07, 6.45) is 4.09. The van der Waals surface area contributed by atoms with E-state index in [1.54, 1.807) is 0 Å². The predicted octanol–water partition coefficient (Wildman–Crippen LogP) is 5.31. The maximum absolute atomic E-state index is 5.92. The van der Waals surface area contributed by atoms with Crippen LogP contribution in [0.4, 0.5) is 0 Å². The molecule has 0 atom stereocenters. The van der Waals surface area contributed by atoms with Gasteiger partial charge in [-0.1, -0.05) is 66.7 Å². The summed E-state index contributed by atoms with van der Waals surface area (Å²) in [4.78, 5) is 0. The summed E-state index contributed by atoms with van der Waals surface area (Å²) in [5.41, 5.74) is 4.21. The molecule has 0 aliphatic rings. The zero-order chi connectivity index (χ0) is 16.9. The average molecular weight is 326 g/mol. The lowest BCUT2D eigenvalue weighted by Gasteiger charge is -2.06. The molecule has 122 valence electrons. The largest absolute Gasteiger partial charge is 0.489 e. The van der Waals surface area contributed by atoms with Crippen molar-refractivity contribution in [3.05, 3.63) is 95.7 Å². The summed E-state index contributed by atoms with van der Waals surface area (Å²) in [5.74, 6) is 0.840. The van der Waals surface area contributed by atoms with Crippen LogP contribution in [-0.4, -0.2) is 10.2 Å². The van der Waals surface area contributed by atoms with Gasteiger partial charge in [-0.25, -0.2) is 0 Å². The first kappa shape index (κ1) is 15.2. The number of hydrogen-bond donors (Lipinski definition) is 1. The Morgan fingerprint density at radius 1 is 0.840 bits per heavy atom. The molecule has 0 amide bonds. The number of rotatable bonds is 5. The van der Waals surface area contributed by atoms with Gasteiger partial charge in [-0.2, -0.15) is 5.10 Å². The van der Waals surface area contributed by atoms with Gasteiger partial charge in [0.2, 0.25) is 0 Å². The molecule has 0 bridgehead atoms. The molecule has 1 N–H and O–H groups in total. The highest BCUT2D eigenvalue weighted by Crippen LogP contribution is 2.24. The summed E-state index contributed by atoms with van der Waals surface area (Å²) in [7, 11) is 0. The van der Waals surface area contributed by atoms with Gasteiger partial charge in [-0.15, -0.1) is 0 Å². The highest BCUT2D eigenvalue weighted by Gasteiger charge is 2.05. The standard InChI is InChI=1S/C22H18N2O/c1-3-7-17(8-4-1)11-13-21-20-15-19(12-14-22(20)24-23-21)25-16-18-9-5-2-6-10-18/h1-15H,16H2,(H,23,24). The van der Waals surface area contributed by atoms with Crippen LogP contribution in [-0.2, 0) is 6.61 Å². The van der Waals surface area contributed by atoms with E-state index in [4.69, 9.17) is 4.74 Å². The maximum atomic E-state index is 5.92. The van der Waals surface area contributed by atoms with Gasteiger partial charge < -0.3 is 4.74 Å². The fourth-order valence-corrected chi connectivity index (χ4v) is 2.71. The van der Waals surface area contributed by atoms with Crippen molar-refractivity contribution in [1.82, 2.24) is 10.2 Å². The zero-order valence-electron chi connectivity index (χ0n) is 13.7. The summed E-state index contributed by atoms with van der Waals surface area (Å²) in [5, 5.41) is 8.52. The molecule has 1 heterocycles. The number of hydrogen-bond acceptors (Lipinski definition) is 2. The van der Waals surface area contributed by atoms with Crippen LogP contribution in [0, 0.1) is 0 Å². The fourth-order valence-electron chi connectivity index (χ4n) is 2.71. The van der Waals surface area contributed by atoms with E-state index in [0.29, 0.717) is 6.61 Å². The molecule has 4 rings (SSSR count). The van der Waals surface area contributed by atoms with Crippen molar-refractivity contribution >= 4 is 23.1 Å². The van der Waals surface area contributed by atoms with Crippen molar-refractivity contribution in [3.8, 4) is 5.75 Å². The van der Waals surface area contributed by atoms with E-state index in [-0.39, 0.29) is 0 Å². The van der Waals surface area contributed by atoms with Crippen LogP contribution in [0.5, 0.6) is 5.75 Å². The first-order valence-corrected chi connectivity index (χ1v) is 8.26. The molecule has 3 heteroatoms. The number of fused-ring (bicyclic) bond motifs is 1. The van der Waals surface area contributed by atoms with Crippen molar-refractivity contribution in [2.45, 2.75) is 6.61 Å². The molecule has 0 aliphatic carbocycles. The van der Waals surface area contributed by atoms with Crippen molar-refractivity contribution in [2.24, 2.45) is 0 Å². The Bertz CT molecular complexity index is 988. The monoisotopic (exact) mass is 326 g/mol. The molecule has 0 saturated carbocycles. The number of H-pyrrole nitrogens is 1. The fraction of sp³-hybridized carbons (Fsp3) is 0.0455. The quantitative estimate of drug-likeness (QED) is 0.539. The molecule has 3 nitrogen and oxygen atoms in total. The van der Waals surface area contributed by atoms with E-state index in [1.165, 1.54) is 0 Å². The second-order valence-corrected chi connectivity index (χ2v) is 5.83. The van der Waals surface area contributed by atoms with Crippen LogP contribution < -0.4 is 4.74 Å². The Morgan fingerprint density at radius 3 is 2.40 bits per heavy atom. The highest BCUT2D eigenvalue weighted by molar-refractivity contribution is 5.90. The van der Waals surface area contributed by atoms with Crippen molar-refractivity contribution in [1.29, 1.82) is 0 Å². The van der Waals surface area contributed by atoms with Crippen molar-refractivity contribution in [2.75, 3.05) is 0 Å². The number of nitrogens with zero attached hydrogens (tertiary/aromatic N) is 1. The SMILES string of the molecule is C(=Cc1n[nH]c2ccc(OCc3ccccc3)cc12)c1ccccc1. The van der Waals surface area contributed by atoms with Gasteiger partial charge in [0.05, 0.1) is 11.2 Å². The van der Waals surface area contributed by atoms with Gasteiger partial charge in [0.15, 0.2) is 0 Å². The summed E-state index contributed by atoms with van der Waals surface area (Å²) < 4.78 is 5.92. The third-order valence-corrected chi connectivity index (χ3v) is 4.05. The van der Waals surface area contributed by atoms with Crippen LogP contribution in [0.3, 0.4) is 0 Å². The van der Waals surface area contributed by atoms with Crippen LogP contribution in [0.1, 0.15) is 16.8 Å². The lowest BCUT2D eigenvalue weighted by atomic mass is 10.1. The van der Waals surface area contributed by atoms with E-state index in [2.05, 4.69) is 40.5 Å². The topological polar surface area (TPSA) is 37.9 Å². The normalized spacial score (nSPS) is 11.2. The smallest absolute Gasteiger partial charge is 0.120 e. The Morgan fingerprint density at radius 2 is 1.60 bits per heavy atom. The van der Waals surface area contributed by atoms with Crippen LogP contribution in [0.2, 0.25) is 0 Å². The van der Waals surface area contributed by atoms with Crippen LogP contribution in [0.25, 0.3) is 23.1 Å². The Hall–Kier alpha value is -3.33. The zero-order valence-corrected chi connectivity index (χ0v) is 13.7. The molecule has 25 heavy (non-hydrogen) atoms. The third-order valence-electron chi connectivity index (χ3n) is 4.05. The van der Waals surface area contributed by atoms with E-state index in [9.17, 15) is 0 Å². The molecule has 3 aromatic carbocycles. The molecule has 0 unspecified atom stereocenters. The minimum absolute atomic E-state index is 0.555. The van der Waals surface area contributed by atoms with Gasteiger partial charge in [0.1, 0.15) is 12.4 Å². The van der Waals surface area contributed by atoms with Gasteiger partial charge in [-0.05, 0) is 35.4 Å². The molecular formula is C22H18N2O. The molecule has 0 saturated heterocycles. The minimum atomic E-state index is 0.555. The maximum Gasteiger partial charge on any atom is 0.120 e. The first-order chi connectivity index (χ1) is 12.4. The summed E-state index contributed by atoms with van der Waals surface area (Å²) >= 11 is 0. The summed E-state index contributed by atoms with van der Waals surface area (Å²) in [6, 6.07) is 26.4. The number of aromatic nitrogens is 2. The summed E-state index contributed by atoms with van der Waals surface area (Å²) in [6.45, 7) is 0.555.